The van der Waals surface area contributed by atoms with E-state index >= 15 is 0 Å². The fourth-order valence-electron chi connectivity index (χ4n) is 4.59. The van der Waals surface area contributed by atoms with Crippen LogP contribution in [0.25, 0.3) is 10.8 Å². The molecule has 3 aromatic carbocycles. The van der Waals surface area contributed by atoms with Gasteiger partial charge < -0.3 is 9.64 Å². The molecule has 3 aromatic rings. The Morgan fingerprint density at radius 1 is 0.931 bits per heavy atom. The van der Waals surface area contributed by atoms with Crippen LogP contribution in [0.2, 0.25) is 0 Å². The van der Waals surface area contributed by atoms with E-state index in [1.54, 1.807) is 0 Å². The Morgan fingerprint density at radius 2 is 1.72 bits per heavy atom. The van der Waals surface area contributed by atoms with Crippen LogP contribution in [0.1, 0.15) is 17.5 Å². The zero-order valence-electron chi connectivity index (χ0n) is 16.6. The second-order valence-corrected chi connectivity index (χ2v) is 8.07. The third-order valence-electron chi connectivity index (χ3n) is 6.28. The number of hydrogen-bond donors (Lipinski definition) is 0. The van der Waals surface area contributed by atoms with Gasteiger partial charge in [0.1, 0.15) is 5.75 Å². The summed E-state index contributed by atoms with van der Waals surface area (Å²) in [6, 6.07) is 23.3. The summed E-state index contributed by atoms with van der Waals surface area (Å²) in [4.78, 5) is 17.2. The van der Waals surface area contributed by atoms with Gasteiger partial charge in [0, 0.05) is 32.2 Å². The van der Waals surface area contributed by atoms with Crippen LogP contribution in [-0.2, 0) is 17.8 Å². The van der Waals surface area contributed by atoms with Crippen molar-refractivity contribution in [1.29, 1.82) is 0 Å². The van der Waals surface area contributed by atoms with Gasteiger partial charge in [0.2, 0.25) is 0 Å². The second-order valence-electron chi connectivity index (χ2n) is 8.07. The van der Waals surface area contributed by atoms with E-state index in [0.29, 0.717) is 6.04 Å². The van der Waals surface area contributed by atoms with Crippen LogP contribution in [-0.4, -0.2) is 48.0 Å². The Balaban J connectivity index is 1.16. The van der Waals surface area contributed by atoms with E-state index in [9.17, 15) is 4.79 Å². The largest absolute Gasteiger partial charge is 0.484 e. The van der Waals surface area contributed by atoms with E-state index in [1.165, 1.54) is 16.5 Å². The van der Waals surface area contributed by atoms with Gasteiger partial charge >= 0.3 is 0 Å². The lowest BCUT2D eigenvalue weighted by Gasteiger charge is -2.33. The van der Waals surface area contributed by atoms with Gasteiger partial charge in [0.25, 0.3) is 5.91 Å². The number of benzene rings is 3. The number of amides is 1. The SMILES string of the molecule is O=C(COc1ccc2ccccc2c1)N1CCC(N2CCc3ccccc3C2)C1. The van der Waals surface area contributed by atoms with E-state index in [4.69, 9.17) is 4.74 Å². The molecule has 1 unspecified atom stereocenters. The summed E-state index contributed by atoms with van der Waals surface area (Å²) in [7, 11) is 0. The van der Waals surface area contributed by atoms with E-state index in [0.717, 1.165) is 50.2 Å². The first kappa shape index (κ1) is 18.2. The molecule has 4 nitrogen and oxygen atoms in total. The predicted octanol–water partition coefficient (Wildman–Crippen LogP) is 3.88. The summed E-state index contributed by atoms with van der Waals surface area (Å²) in [6.45, 7) is 3.81. The molecule has 0 bridgehead atoms. The maximum atomic E-state index is 12.7. The number of carbonyl (C=O) groups is 1. The third kappa shape index (κ3) is 3.85. The minimum Gasteiger partial charge on any atom is -0.484 e. The highest BCUT2D eigenvalue weighted by Gasteiger charge is 2.32. The summed E-state index contributed by atoms with van der Waals surface area (Å²) in [6.07, 6.45) is 2.15. The summed E-state index contributed by atoms with van der Waals surface area (Å²) < 4.78 is 5.81. The zero-order valence-corrected chi connectivity index (χ0v) is 16.6. The molecular weight excluding hydrogens is 360 g/mol. The summed E-state index contributed by atoms with van der Waals surface area (Å²) in [5.41, 5.74) is 2.90. The summed E-state index contributed by atoms with van der Waals surface area (Å²) >= 11 is 0. The first-order valence-electron chi connectivity index (χ1n) is 10.5. The van der Waals surface area contributed by atoms with E-state index in [1.807, 2.05) is 35.2 Å². The topological polar surface area (TPSA) is 32.8 Å². The average Bonchev–Trinajstić information content (AvgIpc) is 3.27. The molecule has 1 fully saturated rings. The number of likely N-dealkylation sites (tertiary alicyclic amines) is 1. The van der Waals surface area contributed by atoms with Gasteiger partial charge in [-0.15, -0.1) is 0 Å². The zero-order chi connectivity index (χ0) is 19.6. The van der Waals surface area contributed by atoms with Crippen molar-refractivity contribution in [2.24, 2.45) is 0 Å². The van der Waals surface area contributed by atoms with Gasteiger partial charge in [-0.3, -0.25) is 9.69 Å². The molecule has 0 radical (unpaired) electrons. The molecule has 2 aliphatic rings. The molecule has 5 rings (SSSR count). The van der Waals surface area contributed by atoms with Crippen molar-refractivity contribution in [3.63, 3.8) is 0 Å². The maximum absolute atomic E-state index is 12.7. The van der Waals surface area contributed by atoms with Crippen LogP contribution in [0.4, 0.5) is 0 Å². The highest BCUT2D eigenvalue weighted by atomic mass is 16.5. The minimum atomic E-state index is 0.0815. The Hall–Kier alpha value is -2.85. The highest BCUT2D eigenvalue weighted by molar-refractivity contribution is 5.84. The number of fused-ring (bicyclic) bond motifs is 2. The molecule has 0 aliphatic carbocycles. The van der Waals surface area contributed by atoms with Crippen molar-refractivity contribution in [3.8, 4) is 5.75 Å². The van der Waals surface area contributed by atoms with Crippen molar-refractivity contribution in [2.45, 2.75) is 25.4 Å². The lowest BCUT2D eigenvalue weighted by molar-refractivity contribution is -0.132. The van der Waals surface area contributed by atoms with Crippen LogP contribution in [0.15, 0.2) is 66.7 Å². The van der Waals surface area contributed by atoms with Crippen molar-refractivity contribution < 1.29 is 9.53 Å². The lowest BCUT2D eigenvalue weighted by Crippen LogP contribution is -2.42. The molecule has 29 heavy (non-hydrogen) atoms. The quantitative estimate of drug-likeness (QED) is 0.682. The molecule has 0 spiro atoms. The van der Waals surface area contributed by atoms with Crippen LogP contribution in [0, 0.1) is 0 Å². The average molecular weight is 386 g/mol. The molecule has 1 saturated heterocycles. The molecule has 2 aliphatic heterocycles. The molecule has 1 amide bonds. The standard InChI is InChI=1S/C25H26N2O2/c28-25(18-29-24-10-9-19-5-1-3-7-21(19)15-24)27-14-12-23(17-27)26-13-11-20-6-2-4-8-22(20)16-26/h1-10,15,23H,11-14,16-18H2. The molecule has 4 heteroatoms. The Bertz CT molecular complexity index is 1030. The van der Waals surface area contributed by atoms with Crippen molar-refractivity contribution >= 4 is 16.7 Å². The van der Waals surface area contributed by atoms with Crippen molar-refractivity contribution in [2.75, 3.05) is 26.2 Å². The van der Waals surface area contributed by atoms with Gasteiger partial charge in [-0.1, -0.05) is 54.6 Å². The molecule has 0 saturated carbocycles. The van der Waals surface area contributed by atoms with Crippen LogP contribution in [0.3, 0.4) is 0 Å². The second kappa shape index (κ2) is 7.88. The smallest absolute Gasteiger partial charge is 0.260 e. The predicted molar refractivity (Wildman–Crippen MR) is 115 cm³/mol. The normalized spacial score (nSPS) is 19.3. The number of rotatable bonds is 4. The first-order chi connectivity index (χ1) is 14.3. The van der Waals surface area contributed by atoms with E-state index < -0.39 is 0 Å². The summed E-state index contributed by atoms with van der Waals surface area (Å²) in [5.74, 6) is 0.832. The summed E-state index contributed by atoms with van der Waals surface area (Å²) in [5, 5.41) is 2.31. The van der Waals surface area contributed by atoms with Crippen LogP contribution < -0.4 is 4.74 Å². The van der Waals surface area contributed by atoms with E-state index in [-0.39, 0.29) is 12.5 Å². The highest BCUT2D eigenvalue weighted by Crippen LogP contribution is 2.25. The number of carbonyl (C=O) groups excluding carboxylic acids is 1. The maximum Gasteiger partial charge on any atom is 0.260 e. The molecule has 148 valence electrons. The first-order valence-corrected chi connectivity index (χ1v) is 10.5. The molecule has 0 aromatic heterocycles. The van der Waals surface area contributed by atoms with Crippen LogP contribution >= 0.6 is 0 Å². The van der Waals surface area contributed by atoms with Gasteiger partial charge in [0.05, 0.1) is 0 Å². The fraction of sp³-hybridized carbons (Fsp3) is 0.320. The number of ether oxygens (including phenoxy) is 1. The molecule has 2 heterocycles. The number of hydrogen-bond acceptors (Lipinski definition) is 3. The van der Waals surface area contributed by atoms with Gasteiger partial charge in [0.15, 0.2) is 6.61 Å². The van der Waals surface area contributed by atoms with Gasteiger partial charge in [-0.25, -0.2) is 0 Å². The van der Waals surface area contributed by atoms with Crippen molar-refractivity contribution in [3.05, 3.63) is 77.9 Å². The van der Waals surface area contributed by atoms with Crippen LogP contribution in [0.5, 0.6) is 5.75 Å². The third-order valence-corrected chi connectivity index (χ3v) is 6.28. The van der Waals surface area contributed by atoms with E-state index in [2.05, 4.69) is 41.3 Å². The van der Waals surface area contributed by atoms with Gasteiger partial charge in [-0.2, -0.15) is 0 Å². The lowest BCUT2D eigenvalue weighted by atomic mass is 9.98. The Kier molecular flexibility index (Phi) is 4.94. The minimum absolute atomic E-state index is 0.0815. The Morgan fingerprint density at radius 3 is 2.62 bits per heavy atom. The molecule has 0 N–H and O–H groups in total. The number of nitrogens with zero attached hydrogens (tertiary/aromatic N) is 2. The fourth-order valence-corrected chi connectivity index (χ4v) is 4.59. The monoisotopic (exact) mass is 386 g/mol. The Labute approximate surface area is 171 Å². The van der Waals surface area contributed by atoms with Gasteiger partial charge in [-0.05, 0) is 46.9 Å². The molecule has 1 atom stereocenters. The van der Waals surface area contributed by atoms with Crippen molar-refractivity contribution in [1.82, 2.24) is 9.80 Å². The molecular formula is C25H26N2O2.